The Hall–Kier alpha value is -1.91. The molecule has 5 nitrogen and oxygen atoms in total. The van der Waals surface area contributed by atoms with Gasteiger partial charge in [0.05, 0.1) is 0 Å². The van der Waals surface area contributed by atoms with E-state index in [4.69, 9.17) is 0 Å². The van der Waals surface area contributed by atoms with Crippen LogP contribution in [0.3, 0.4) is 0 Å². The summed E-state index contributed by atoms with van der Waals surface area (Å²) >= 11 is 0. The molecule has 1 rings (SSSR count). The second-order valence-corrected chi connectivity index (χ2v) is 12.6. The Balaban J connectivity index is 2.73. The summed E-state index contributed by atoms with van der Waals surface area (Å²) in [4.78, 5) is 31.3. The molecule has 0 saturated carbocycles. The molecule has 0 aromatic carbocycles. The largest absolute Gasteiger partial charge is 0.310 e. The fraction of sp³-hybridized carbons (Fsp3) is 0.811. The molecule has 2 atom stereocenters. The van der Waals surface area contributed by atoms with Gasteiger partial charge in [-0.05, 0) is 37.8 Å². The molecule has 0 aliphatic heterocycles. The van der Waals surface area contributed by atoms with Crippen LogP contribution >= 0.6 is 0 Å². The average molecular weight is 586 g/mol. The van der Waals surface area contributed by atoms with Gasteiger partial charge in [-0.25, -0.2) is 4.98 Å². The van der Waals surface area contributed by atoms with E-state index in [9.17, 15) is 9.59 Å². The zero-order valence-corrected chi connectivity index (χ0v) is 28.1. The van der Waals surface area contributed by atoms with Crippen molar-refractivity contribution >= 4 is 23.5 Å². The van der Waals surface area contributed by atoms with Crippen LogP contribution in [0.2, 0.25) is 0 Å². The van der Waals surface area contributed by atoms with E-state index in [-0.39, 0.29) is 23.7 Å². The Morgan fingerprint density at radius 1 is 0.500 bits per heavy atom. The van der Waals surface area contributed by atoms with E-state index in [1.165, 1.54) is 103 Å². The van der Waals surface area contributed by atoms with Gasteiger partial charge in [-0.1, -0.05) is 162 Å². The smallest absolute Gasteiger partial charge is 0.228 e. The van der Waals surface area contributed by atoms with E-state index in [2.05, 4.69) is 43.3 Å². The molecule has 1 heterocycles. The molecule has 0 spiro atoms. The third-order valence-corrected chi connectivity index (χ3v) is 8.62. The molecule has 0 saturated heterocycles. The molecule has 0 fully saturated rings. The Labute approximate surface area is 260 Å². The normalized spacial score (nSPS) is 12.7. The Kier molecular flexibility index (Phi) is 24.2. The zero-order chi connectivity index (χ0) is 30.7. The van der Waals surface area contributed by atoms with Crippen LogP contribution in [0.25, 0.3) is 0 Å². The third kappa shape index (κ3) is 19.3. The minimum Gasteiger partial charge on any atom is -0.310 e. The summed E-state index contributed by atoms with van der Waals surface area (Å²) in [5.74, 6) is 1.28. The van der Waals surface area contributed by atoms with Gasteiger partial charge in [-0.15, -0.1) is 0 Å². The van der Waals surface area contributed by atoms with E-state index in [1.54, 1.807) is 0 Å². The number of rotatable bonds is 28. The maximum absolute atomic E-state index is 13.3. The van der Waals surface area contributed by atoms with Gasteiger partial charge < -0.3 is 10.6 Å². The highest BCUT2D eigenvalue weighted by atomic mass is 16.2. The van der Waals surface area contributed by atoms with Crippen molar-refractivity contribution in [2.24, 2.45) is 11.8 Å². The number of amides is 2. The second-order valence-electron chi connectivity index (χ2n) is 12.6. The van der Waals surface area contributed by atoms with Crippen LogP contribution in [-0.2, 0) is 9.59 Å². The fourth-order valence-electron chi connectivity index (χ4n) is 5.82. The summed E-state index contributed by atoms with van der Waals surface area (Å²) in [6.45, 7) is 8.94. The molecule has 2 amide bonds. The van der Waals surface area contributed by atoms with Crippen molar-refractivity contribution in [3.05, 3.63) is 18.2 Å². The molecule has 5 heteroatoms. The van der Waals surface area contributed by atoms with Crippen LogP contribution in [0.5, 0.6) is 0 Å². The molecule has 0 radical (unpaired) electrons. The van der Waals surface area contributed by atoms with Crippen molar-refractivity contribution in [1.29, 1.82) is 0 Å². The van der Waals surface area contributed by atoms with Crippen molar-refractivity contribution in [3.63, 3.8) is 0 Å². The molecular weight excluding hydrogens is 518 g/mol. The van der Waals surface area contributed by atoms with Crippen LogP contribution < -0.4 is 10.6 Å². The summed E-state index contributed by atoms with van der Waals surface area (Å²) < 4.78 is 0. The standard InChI is InChI=1S/C37H67N3O2/c1-5-9-13-17-19-23-28-32(26-21-15-11-7-3)36(41)39-34-30-25-31-35(38-34)40-37(42)33(27-22-16-12-8-4)29-24-20-18-14-10-6-2/h25,30-33H,5-24,26-29H2,1-4H3,(H2,38,39,40,41,42). The highest BCUT2D eigenvalue weighted by Gasteiger charge is 2.20. The lowest BCUT2D eigenvalue weighted by Crippen LogP contribution is -2.25. The first-order valence-electron chi connectivity index (χ1n) is 18.1. The number of pyridine rings is 1. The lowest BCUT2D eigenvalue weighted by molar-refractivity contribution is -0.121. The molecule has 2 N–H and O–H groups in total. The van der Waals surface area contributed by atoms with Gasteiger partial charge in [-0.2, -0.15) is 0 Å². The van der Waals surface area contributed by atoms with Crippen molar-refractivity contribution < 1.29 is 9.59 Å². The summed E-state index contributed by atoms with van der Waals surface area (Å²) in [5.41, 5.74) is 0. The summed E-state index contributed by atoms with van der Waals surface area (Å²) in [5, 5.41) is 6.19. The van der Waals surface area contributed by atoms with Gasteiger partial charge in [0.25, 0.3) is 0 Å². The summed E-state index contributed by atoms with van der Waals surface area (Å²) in [7, 11) is 0. The van der Waals surface area contributed by atoms with Crippen molar-refractivity contribution in [2.45, 2.75) is 182 Å². The minimum atomic E-state index is 0.0258. The molecule has 0 aliphatic carbocycles. The minimum absolute atomic E-state index is 0.0258. The van der Waals surface area contributed by atoms with Gasteiger partial charge in [0, 0.05) is 11.8 Å². The molecule has 242 valence electrons. The van der Waals surface area contributed by atoms with Gasteiger partial charge in [0.15, 0.2) is 0 Å². The molecule has 1 aromatic rings. The first kappa shape index (κ1) is 38.1. The van der Waals surface area contributed by atoms with Gasteiger partial charge >= 0.3 is 0 Å². The Morgan fingerprint density at radius 3 is 1.12 bits per heavy atom. The number of hydrogen-bond donors (Lipinski definition) is 2. The van der Waals surface area contributed by atoms with E-state index >= 15 is 0 Å². The molecule has 2 unspecified atom stereocenters. The summed E-state index contributed by atoms with van der Waals surface area (Å²) in [6, 6.07) is 5.56. The highest BCUT2D eigenvalue weighted by molar-refractivity contribution is 5.93. The topological polar surface area (TPSA) is 71.1 Å². The van der Waals surface area contributed by atoms with Crippen LogP contribution in [0.15, 0.2) is 18.2 Å². The molecular formula is C37H67N3O2. The van der Waals surface area contributed by atoms with Crippen LogP contribution in [0.1, 0.15) is 182 Å². The third-order valence-electron chi connectivity index (χ3n) is 8.62. The van der Waals surface area contributed by atoms with Gasteiger partial charge in [0.1, 0.15) is 11.6 Å². The predicted molar refractivity (Wildman–Crippen MR) is 182 cm³/mol. The van der Waals surface area contributed by atoms with Crippen molar-refractivity contribution in [1.82, 2.24) is 4.98 Å². The maximum Gasteiger partial charge on any atom is 0.228 e. The fourth-order valence-corrected chi connectivity index (χ4v) is 5.82. The number of carbonyl (C=O) groups is 2. The van der Waals surface area contributed by atoms with Crippen LogP contribution in [0, 0.1) is 11.8 Å². The molecule has 42 heavy (non-hydrogen) atoms. The Bertz CT molecular complexity index is 736. The quantitative estimate of drug-likeness (QED) is 0.0961. The molecule has 0 aliphatic rings. The maximum atomic E-state index is 13.3. The average Bonchev–Trinajstić information content (AvgIpc) is 2.98. The predicted octanol–water partition coefficient (Wildman–Crippen LogP) is 11.6. The molecule has 0 bridgehead atoms. The number of hydrogen-bond acceptors (Lipinski definition) is 3. The zero-order valence-electron chi connectivity index (χ0n) is 28.1. The number of aromatic nitrogens is 1. The lowest BCUT2D eigenvalue weighted by atomic mass is 9.93. The highest BCUT2D eigenvalue weighted by Crippen LogP contribution is 2.23. The van der Waals surface area contributed by atoms with E-state index in [1.807, 2.05) is 18.2 Å². The number of unbranched alkanes of at least 4 members (excludes halogenated alkanes) is 16. The van der Waals surface area contributed by atoms with E-state index < -0.39 is 0 Å². The van der Waals surface area contributed by atoms with Gasteiger partial charge in [0.2, 0.25) is 11.8 Å². The molecule has 1 aromatic heterocycles. The number of nitrogens with one attached hydrogen (secondary N) is 2. The number of nitrogens with zero attached hydrogens (tertiary/aromatic N) is 1. The second kappa shape index (κ2) is 26.7. The SMILES string of the molecule is CCCCCCCCC(CCCCCC)C(=O)Nc1cccc(NC(=O)C(CCCCCC)CCCCCCCC)n1. The summed E-state index contributed by atoms with van der Waals surface area (Å²) in [6.07, 6.45) is 28.1. The van der Waals surface area contributed by atoms with Crippen LogP contribution in [0.4, 0.5) is 11.6 Å². The lowest BCUT2D eigenvalue weighted by Gasteiger charge is -2.18. The van der Waals surface area contributed by atoms with Crippen LogP contribution in [-0.4, -0.2) is 16.8 Å². The Morgan fingerprint density at radius 2 is 0.786 bits per heavy atom. The number of carbonyl (C=O) groups excluding carboxylic acids is 2. The van der Waals surface area contributed by atoms with Gasteiger partial charge in [-0.3, -0.25) is 9.59 Å². The van der Waals surface area contributed by atoms with E-state index in [0.717, 1.165) is 51.4 Å². The monoisotopic (exact) mass is 586 g/mol. The van der Waals surface area contributed by atoms with Crippen molar-refractivity contribution in [3.8, 4) is 0 Å². The number of anilines is 2. The first-order valence-corrected chi connectivity index (χ1v) is 18.1. The first-order chi connectivity index (χ1) is 20.5. The van der Waals surface area contributed by atoms with E-state index in [0.29, 0.717) is 11.6 Å². The van der Waals surface area contributed by atoms with Crippen molar-refractivity contribution in [2.75, 3.05) is 10.6 Å².